The van der Waals surface area contributed by atoms with Crippen LogP contribution < -0.4 is 5.73 Å². The van der Waals surface area contributed by atoms with Crippen LogP contribution in [0, 0.1) is 6.92 Å². The van der Waals surface area contributed by atoms with E-state index in [1.165, 1.54) is 0 Å². The SMILES string of the molecule is Cc1nn(Cc2nc3c(N)cccc3o2)cc1Cl. The Morgan fingerprint density at radius 3 is 2.94 bits per heavy atom. The Kier molecular flexibility index (Phi) is 2.48. The van der Waals surface area contributed by atoms with Crippen LogP contribution in [0.15, 0.2) is 28.8 Å². The van der Waals surface area contributed by atoms with Crippen molar-refractivity contribution in [2.45, 2.75) is 13.5 Å². The zero-order valence-corrected chi connectivity index (χ0v) is 10.5. The maximum Gasteiger partial charge on any atom is 0.217 e. The van der Waals surface area contributed by atoms with Gasteiger partial charge in [0.15, 0.2) is 5.58 Å². The zero-order valence-electron chi connectivity index (χ0n) is 9.72. The van der Waals surface area contributed by atoms with Gasteiger partial charge in [-0.25, -0.2) is 4.98 Å². The molecule has 92 valence electrons. The lowest BCUT2D eigenvalue weighted by Gasteiger charge is -1.94. The van der Waals surface area contributed by atoms with Crippen molar-refractivity contribution in [3.63, 3.8) is 0 Å². The first-order valence-electron chi connectivity index (χ1n) is 5.47. The number of nitrogens with zero attached hydrogens (tertiary/aromatic N) is 3. The lowest BCUT2D eigenvalue weighted by Crippen LogP contribution is -2.00. The Labute approximate surface area is 108 Å². The molecule has 2 heterocycles. The lowest BCUT2D eigenvalue weighted by atomic mass is 10.3. The van der Waals surface area contributed by atoms with E-state index in [1.54, 1.807) is 16.9 Å². The fraction of sp³-hybridized carbons (Fsp3) is 0.167. The monoisotopic (exact) mass is 262 g/mol. The van der Waals surface area contributed by atoms with Gasteiger partial charge in [0.2, 0.25) is 5.89 Å². The molecule has 0 spiro atoms. The van der Waals surface area contributed by atoms with Gasteiger partial charge in [-0.05, 0) is 19.1 Å². The number of nitrogen functional groups attached to an aromatic ring is 1. The van der Waals surface area contributed by atoms with Crippen LogP contribution in [0.1, 0.15) is 11.6 Å². The number of nitrogens with two attached hydrogens (primary N) is 1. The molecule has 3 rings (SSSR count). The second-order valence-electron chi connectivity index (χ2n) is 4.06. The van der Waals surface area contributed by atoms with Crippen molar-refractivity contribution < 1.29 is 4.42 Å². The zero-order chi connectivity index (χ0) is 12.7. The normalized spacial score (nSPS) is 11.2. The van der Waals surface area contributed by atoms with Gasteiger partial charge >= 0.3 is 0 Å². The number of rotatable bonds is 2. The Morgan fingerprint density at radius 2 is 2.28 bits per heavy atom. The van der Waals surface area contributed by atoms with Crippen molar-refractivity contribution in [2.24, 2.45) is 0 Å². The highest BCUT2D eigenvalue weighted by molar-refractivity contribution is 6.31. The number of benzene rings is 1. The molecule has 18 heavy (non-hydrogen) atoms. The number of hydrogen-bond acceptors (Lipinski definition) is 4. The molecule has 0 aliphatic rings. The molecule has 0 radical (unpaired) electrons. The van der Waals surface area contributed by atoms with E-state index < -0.39 is 0 Å². The van der Waals surface area contributed by atoms with E-state index in [2.05, 4.69) is 10.1 Å². The predicted molar refractivity (Wildman–Crippen MR) is 69.5 cm³/mol. The predicted octanol–water partition coefficient (Wildman–Crippen LogP) is 2.62. The first kappa shape index (κ1) is 11.1. The average molecular weight is 263 g/mol. The average Bonchev–Trinajstić information content (AvgIpc) is 2.85. The third-order valence-corrected chi connectivity index (χ3v) is 3.05. The summed E-state index contributed by atoms with van der Waals surface area (Å²) < 4.78 is 7.30. The Morgan fingerprint density at radius 1 is 1.44 bits per heavy atom. The van der Waals surface area contributed by atoms with Crippen LogP contribution in [0.5, 0.6) is 0 Å². The van der Waals surface area contributed by atoms with Gasteiger partial charge in [-0.15, -0.1) is 0 Å². The molecule has 0 amide bonds. The summed E-state index contributed by atoms with van der Waals surface area (Å²) in [5, 5.41) is 4.88. The standard InChI is InChI=1S/C12H11ClN4O/c1-7-8(13)5-17(16-7)6-11-15-12-9(14)3-2-4-10(12)18-11/h2-5H,6,14H2,1H3. The molecule has 0 bridgehead atoms. The van der Waals surface area contributed by atoms with Gasteiger partial charge in [0.05, 0.1) is 16.4 Å². The molecule has 0 saturated heterocycles. The first-order chi connectivity index (χ1) is 8.63. The second-order valence-corrected chi connectivity index (χ2v) is 4.47. The fourth-order valence-corrected chi connectivity index (χ4v) is 1.95. The van der Waals surface area contributed by atoms with E-state index >= 15 is 0 Å². The van der Waals surface area contributed by atoms with E-state index in [1.807, 2.05) is 19.1 Å². The highest BCUT2D eigenvalue weighted by atomic mass is 35.5. The summed E-state index contributed by atoms with van der Waals surface area (Å²) in [5.41, 5.74) is 8.58. The molecule has 1 aromatic carbocycles. The molecule has 5 nitrogen and oxygen atoms in total. The van der Waals surface area contributed by atoms with Crippen LogP contribution in [0.3, 0.4) is 0 Å². The van der Waals surface area contributed by atoms with Crippen LogP contribution in [0.25, 0.3) is 11.1 Å². The number of anilines is 1. The number of para-hydroxylation sites is 1. The number of oxazole rings is 1. The minimum Gasteiger partial charge on any atom is -0.439 e. The van der Waals surface area contributed by atoms with E-state index in [4.69, 9.17) is 21.8 Å². The molecule has 6 heteroatoms. The molecule has 0 aliphatic carbocycles. The van der Waals surface area contributed by atoms with Crippen LogP contribution in [-0.4, -0.2) is 14.8 Å². The highest BCUT2D eigenvalue weighted by Gasteiger charge is 2.10. The summed E-state index contributed by atoms with van der Waals surface area (Å²) in [7, 11) is 0. The number of halogens is 1. The van der Waals surface area contributed by atoms with Crippen molar-refractivity contribution in [3.8, 4) is 0 Å². The molecule has 0 fully saturated rings. The van der Waals surface area contributed by atoms with E-state index in [0.29, 0.717) is 34.2 Å². The summed E-state index contributed by atoms with van der Waals surface area (Å²) in [6.07, 6.45) is 1.75. The third-order valence-electron chi connectivity index (χ3n) is 2.68. The van der Waals surface area contributed by atoms with E-state index in [-0.39, 0.29) is 0 Å². The van der Waals surface area contributed by atoms with Gasteiger partial charge in [-0.3, -0.25) is 4.68 Å². The van der Waals surface area contributed by atoms with Gasteiger partial charge in [0, 0.05) is 6.20 Å². The second kappa shape index (κ2) is 4.03. The molecule has 0 atom stereocenters. The minimum absolute atomic E-state index is 0.432. The molecule has 2 N–H and O–H groups in total. The molecule has 0 aliphatic heterocycles. The molecule has 3 aromatic rings. The topological polar surface area (TPSA) is 69.9 Å². The number of hydrogen-bond donors (Lipinski definition) is 1. The van der Waals surface area contributed by atoms with Crippen molar-refractivity contribution in [2.75, 3.05) is 5.73 Å². The largest absolute Gasteiger partial charge is 0.439 e. The molecule has 2 aromatic heterocycles. The summed E-state index contributed by atoms with van der Waals surface area (Å²) in [5.74, 6) is 0.557. The first-order valence-corrected chi connectivity index (χ1v) is 5.85. The summed E-state index contributed by atoms with van der Waals surface area (Å²) in [6.45, 7) is 2.28. The molecular weight excluding hydrogens is 252 g/mol. The van der Waals surface area contributed by atoms with Gasteiger partial charge in [0.25, 0.3) is 0 Å². The lowest BCUT2D eigenvalue weighted by molar-refractivity contribution is 0.490. The quantitative estimate of drug-likeness (QED) is 0.721. The maximum atomic E-state index is 5.95. The Balaban J connectivity index is 1.97. The van der Waals surface area contributed by atoms with E-state index in [0.717, 1.165) is 5.69 Å². The van der Waals surface area contributed by atoms with Crippen molar-refractivity contribution in [1.29, 1.82) is 0 Å². The van der Waals surface area contributed by atoms with Gasteiger partial charge in [-0.1, -0.05) is 17.7 Å². The molecular formula is C12H11ClN4O. The smallest absolute Gasteiger partial charge is 0.217 e. The van der Waals surface area contributed by atoms with Crippen LogP contribution in [0.4, 0.5) is 5.69 Å². The fourth-order valence-electron chi connectivity index (χ4n) is 1.80. The van der Waals surface area contributed by atoms with E-state index in [9.17, 15) is 0 Å². The van der Waals surface area contributed by atoms with Crippen molar-refractivity contribution in [3.05, 3.63) is 41.0 Å². The van der Waals surface area contributed by atoms with Crippen molar-refractivity contribution in [1.82, 2.24) is 14.8 Å². The summed E-state index contributed by atoms with van der Waals surface area (Å²) >= 11 is 5.95. The third kappa shape index (κ3) is 1.82. The van der Waals surface area contributed by atoms with Gasteiger partial charge < -0.3 is 10.2 Å². The minimum atomic E-state index is 0.432. The Bertz CT molecular complexity index is 697. The molecule has 0 unspecified atom stereocenters. The van der Waals surface area contributed by atoms with Gasteiger partial charge in [0.1, 0.15) is 12.1 Å². The van der Waals surface area contributed by atoms with Crippen LogP contribution in [-0.2, 0) is 6.54 Å². The number of fused-ring (bicyclic) bond motifs is 1. The van der Waals surface area contributed by atoms with Crippen molar-refractivity contribution >= 4 is 28.4 Å². The Hall–Kier alpha value is -2.01. The maximum absolute atomic E-state index is 5.95. The summed E-state index contributed by atoms with van der Waals surface area (Å²) in [4.78, 5) is 4.35. The molecule has 0 saturated carbocycles. The van der Waals surface area contributed by atoms with Gasteiger partial charge in [-0.2, -0.15) is 5.10 Å². The number of aromatic nitrogens is 3. The van der Waals surface area contributed by atoms with Crippen LogP contribution >= 0.6 is 11.6 Å². The highest BCUT2D eigenvalue weighted by Crippen LogP contribution is 2.22. The van der Waals surface area contributed by atoms with Crippen LogP contribution in [0.2, 0.25) is 5.02 Å². The number of aryl methyl sites for hydroxylation is 1. The summed E-state index contributed by atoms with van der Waals surface area (Å²) in [6, 6.07) is 5.47.